The lowest BCUT2D eigenvalue weighted by atomic mass is 10.3. The number of anilines is 1. The van der Waals surface area contributed by atoms with Crippen LogP contribution in [0.4, 0.5) is 10.2 Å². The molecule has 0 unspecified atom stereocenters. The Labute approximate surface area is 96.3 Å². The Balaban J connectivity index is 2.54. The molecule has 2 aromatic heterocycles. The van der Waals surface area contributed by atoms with E-state index in [0.29, 0.717) is 5.82 Å². The minimum atomic E-state index is -0.514. The number of nitrogens with zero attached hydrogens (tertiary/aromatic N) is 2. The van der Waals surface area contributed by atoms with Crippen LogP contribution < -0.4 is 11.3 Å². The number of aromatic nitrogens is 2. The largest absolute Gasteiger partial charge is 0.306 e. The van der Waals surface area contributed by atoms with Gasteiger partial charge in [0.05, 0.1) is 10.6 Å². The molecule has 0 aliphatic rings. The fraction of sp³-hybridized carbons (Fsp3) is 0.200. The fourth-order valence-corrected chi connectivity index (χ4v) is 2.12. The van der Waals surface area contributed by atoms with Gasteiger partial charge in [0.1, 0.15) is 0 Å². The van der Waals surface area contributed by atoms with E-state index in [1.807, 2.05) is 19.1 Å². The Morgan fingerprint density at radius 3 is 2.62 bits per heavy atom. The van der Waals surface area contributed by atoms with Gasteiger partial charge in [-0.1, -0.05) is 0 Å². The lowest BCUT2D eigenvalue weighted by Crippen LogP contribution is -2.12. The SMILES string of the molecule is Cc1ccc(-c2nc(C)c(F)c(NN)n2)s1. The van der Waals surface area contributed by atoms with Crippen LogP contribution in [-0.4, -0.2) is 9.97 Å². The van der Waals surface area contributed by atoms with Gasteiger partial charge in [0.15, 0.2) is 17.5 Å². The van der Waals surface area contributed by atoms with Gasteiger partial charge in [0.2, 0.25) is 0 Å². The normalized spacial score (nSPS) is 10.5. The van der Waals surface area contributed by atoms with E-state index in [-0.39, 0.29) is 11.5 Å². The molecule has 0 fully saturated rings. The number of hydrazine groups is 1. The quantitative estimate of drug-likeness (QED) is 0.622. The maximum atomic E-state index is 13.4. The molecule has 84 valence electrons. The van der Waals surface area contributed by atoms with Crippen molar-refractivity contribution in [3.63, 3.8) is 0 Å². The highest BCUT2D eigenvalue weighted by molar-refractivity contribution is 7.15. The van der Waals surface area contributed by atoms with E-state index in [4.69, 9.17) is 5.84 Å². The molecule has 0 saturated heterocycles. The van der Waals surface area contributed by atoms with Crippen molar-refractivity contribution in [2.24, 2.45) is 5.84 Å². The highest BCUT2D eigenvalue weighted by Crippen LogP contribution is 2.26. The first-order chi connectivity index (χ1) is 7.61. The Morgan fingerprint density at radius 1 is 1.31 bits per heavy atom. The second-order valence-electron chi connectivity index (χ2n) is 3.35. The molecule has 16 heavy (non-hydrogen) atoms. The summed E-state index contributed by atoms with van der Waals surface area (Å²) in [6, 6.07) is 3.88. The number of nitrogen functional groups attached to an aromatic ring is 1. The molecule has 6 heteroatoms. The number of hydrogen-bond acceptors (Lipinski definition) is 5. The van der Waals surface area contributed by atoms with Crippen molar-refractivity contribution in [2.45, 2.75) is 13.8 Å². The first-order valence-corrected chi connectivity index (χ1v) is 5.51. The van der Waals surface area contributed by atoms with Gasteiger partial charge in [0.25, 0.3) is 0 Å². The maximum absolute atomic E-state index is 13.4. The van der Waals surface area contributed by atoms with Crippen molar-refractivity contribution in [1.29, 1.82) is 0 Å². The Morgan fingerprint density at radius 2 is 2.06 bits per heavy atom. The van der Waals surface area contributed by atoms with Crippen molar-refractivity contribution in [3.05, 3.63) is 28.5 Å². The molecular formula is C10H11FN4S. The number of nitrogens with one attached hydrogen (secondary N) is 1. The van der Waals surface area contributed by atoms with E-state index in [1.165, 1.54) is 0 Å². The minimum Gasteiger partial charge on any atom is -0.306 e. The van der Waals surface area contributed by atoms with Crippen LogP contribution in [0, 0.1) is 19.7 Å². The van der Waals surface area contributed by atoms with Crippen molar-refractivity contribution in [2.75, 3.05) is 5.43 Å². The Hall–Kier alpha value is -1.53. The highest BCUT2D eigenvalue weighted by Gasteiger charge is 2.12. The summed E-state index contributed by atoms with van der Waals surface area (Å²) in [4.78, 5) is 10.2. The second-order valence-corrected chi connectivity index (χ2v) is 4.64. The number of halogens is 1. The summed E-state index contributed by atoms with van der Waals surface area (Å²) in [6.07, 6.45) is 0. The number of rotatable bonds is 2. The third kappa shape index (κ3) is 1.89. The van der Waals surface area contributed by atoms with Crippen LogP contribution in [0.5, 0.6) is 0 Å². The molecule has 0 bridgehead atoms. The molecule has 3 N–H and O–H groups in total. The average Bonchev–Trinajstić information content (AvgIpc) is 2.69. The summed E-state index contributed by atoms with van der Waals surface area (Å²) in [6.45, 7) is 3.58. The van der Waals surface area contributed by atoms with E-state index in [0.717, 1.165) is 9.75 Å². The molecular weight excluding hydrogens is 227 g/mol. The molecule has 0 saturated carbocycles. The number of thiophene rings is 1. The molecule has 0 aliphatic heterocycles. The summed E-state index contributed by atoms with van der Waals surface area (Å²) in [5.74, 6) is 5.19. The molecule has 2 rings (SSSR count). The van der Waals surface area contributed by atoms with Gasteiger partial charge in [-0.05, 0) is 26.0 Å². The van der Waals surface area contributed by atoms with Crippen LogP contribution in [-0.2, 0) is 0 Å². The van der Waals surface area contributed by atoms with E-state index >= 15 is 0 Å². The summed E-state index contributed by atoms with van der Waals surface area (Å²) in [5, 5.41) is 0. The molecule has 0 amide bonds. The number of hydrogen-bond donors (Lipinski definition) is 2. The lowest BCUT2D eigenvalue weighted by molar-refractivity contribution is 0.606. The van der Waals surface area contributed by atoms with Crippen LogP contribution in [0.1, 0.15) is 10.6 Å². The van der Waals surface area contributed by atoms with E-state index in [1.54, 1.807) is 18.3 Å². The molecule has 2 heterocycles. The van der Waals surface area contributed by atoms with Crippen molar-refractivity contribution in [3.8, 4) is 10.7 Å². The van der Waals surface area contributed by atoms with Crippen LogP contribution in [0.15, 0.2) is 12.1 Å². The minimum absolute atomic E-state index is 0.0218. The Kier molecular flexibility index (Phi) is 2.84. The third-order valence-corrected chi connectivity index (χ3v) is 3.11. The molecule has 2 aromatic rings. The van der Waals surface area contributed by atoms with Gasteiger partial charge >= 0.3 is 0 Å². The molecule has 0 atom stereocenters. The predicted octanol–water partition coefficient (Wildman–Crippen LogP) is 2.25. The van der Waals surface area contributed by atoms with E-state index in [2.05, 4.69) is 15.4 Å². The van der Waals surface area contributed by atoms with Gasteiger partial charge in [-0.2, -0.15) is 0 Å². The molecule has 0 spiro atoms. The van der Waals surface area contributed by atoms with Gasteiger partial charge in [-0.15, -0.1) is 11.3 Å². The van der Waals surface area contributed by atoms with Crippen molar-refractivity contribution < 1.29 is 4.39 Å². The van der Waals surface area contributed by atoms with Crippen molar-refractivity contribution >= 4 is 17.2 Å². The molecule has 0 aliphatic carbocycles. The van der Waals surface area contributed by atoms with Crippen LogP contribution in [0.2, 0.25) is 0 Å². The molecule has 0 radical (unpaired) electrons. The zero-order valence-corrected chi connectivity index (χ0v) is 9.73. The zero-order valence-electron chi connectivity index (χ0n) is 8.91. The van der Waals surface area contributed by atoms with E-state index in [9.17, 15) is 4.39 Å². The zero-order chi connectivity index (χ0) is 11.7. The van der Waals surface area contributed by atoms with Crippen molar-refractivity contribution in [1.82, 2.24) is 9.97 Å². The number of nitrogens with two attached hydrogens (primary N) is 1. The standard InChI is InChI=1S/C10H11FN4S/c1-5-3-4-7(16-5)9-13-6(2)8(11)10(14-9)15-12/h3-4H,12H2,1-2H3,(H,13,14,15). The van der Waals surface area contributed by atoms with Gasteiger partial charge in [-0.3, -0.25) is 0 Å². The third-order valence-electron chi connectivity index (χ3n) is 2.11. The first kappa shape index (κ1) is 11.0. The molecule has 4 nitrogen and oxygen atoms in total. The smallest absolute Gasteiger partial charge is 0.187 e. The lowest BCUT2D eigenvalue weighted by Gasteiger charge is -2.05. The summed E-state index contributed by atoms with van der Waals surface area (Å²) < 4.78 is 13.4. The monoisotopic (exact) mass is 238 g/mol. The Bertz CT molecular complexity index is 524. The first-order valence-electron chi connectivity index (χ1n) is 4.69. The summed E-state index contributed by atoms with van der Waals surface area (Å²) in [5.41, 5.74) is 2.51. The maximum Gasteiger partial charge on any atom is 0.187 e. The van der Waals surface area contributed by atoms with Gasteiger partial charge in [-0.25, -0.2) is 20.2 Å². The summed E-state index contributed by atoms with van der Waals surface area (Å²) >= 11 is 1.56. The summed E-state index contributed by atoms with van der Waals surface area (Å²) in [7, 11) is 0. The highest BCUT2D eigenvalue weighted by atomic mass is 32.1. The van der Waals surface area contributed by atoms with Crippen LogP contribution >= 0.6 is 11.3 Å². The second kappa shape index (κ2) is 4.15. The number of aryl methyl sites for hydroxylation is 2. The topological polar surface area (TPSA) is 63.8 Å². The average molecular weight is 238 g/mol. The fourth-order valence-electron chi connectivity index (χ4n) is 1.32. The van der Waals surface area contributed by atoms with E-state index < -0.39 is 5.82 Å². The predicted molar refractivity (Wildman–Crippen MR) is 62.6 cm³/mol. The molecule has 0 aromatic carbocycles. The van der Waals surface area contributed by atoms with Crippen LogP contribution in [0.3, 0.4) is 0 Å². The van der Waals surface area contributed by atoms with Crippen LogP contribution in [0.25, 0.3) is 10.7 Å². The van der Waals surface area contributed by atoms with Gasteiger partial charge in [0, 0.05) is 4.88 Å². The van der Waals surface area contributed by atoms with Gasteiger partial charge < -0.3 is 5.43 Å².